The Labute approximate surface area is 181 Å². The molecular formula is C20H22N6O4S. The van der Waals surface area contributed by atoms with E-state index in [1.807, 2.05) is 0 Å². The maximum atomic E-state index is 12.6. The van der Waals surface area contributed by atoms with Gasteiger partial charge < -0.3 is 19.3 Å². The number of aliphatic hydroxyl groups is 2. The number of aromatic nitrogens is 4. The molecule has 10 nitrogen and oxygen atoms in total. The highest BCUT2D eigenvalue weighted by Gasteiger charge is 2.21. The van der Waals surface area contributed by atoms with Crippen molar-refractivity contribution in [3.63, 3.8) is 0 Å². The second-order valence-electron chi connectivity index (χ2n) is 7.70. The van der Waals surface area contributed by atoms with Gasteiger partial charge in [-0.1, -0.05) is 11.2 Å². The zero-order valence-corrected chi connectivity index (χ0v) is 18.0. The third-order valence-electron chi connectivity index (χ3n) is 4.35. The van der Waals surface area contributed by atoms with E-state index in [0.29, 0.717) is 27.8 Å². The lowest BCUT2D eigenvalue weighted by atomic mass is 10.1. The quantitative estimate of drug-likeness (QED) is 0.359. The van der Waals surface area contributed by atoms with Gasteiger partial charge in [-0.05, 0) is 50.6 Å². The molecule has 0 atom stereocenters. The number of aliphatic hydroxyl groups excluding tert-OH is 1. The summed E-state index contributed by atoms with van der Waals surface area (Å²) in [5.74, 6) is 1.21. The molecule has 0 spiro atoms. The van der Waals surface area contributed by atoms with Crippen molar-refractivity contribution in [1.82, 2.24) is 19.7 Å². The van der Waals surface area contributed by atoms with Crippen LogP contribution in [0, 0.1) is 6.92 Å². The Kier molecular flexibility index (Phi) is 5.48. The highest BCUT2D eigenvalue weighted by molar-refractivity contribution is 7.19. The van der Waals surface area contributed by atoms with Gasteiger partial charge in [0.15, 0.2) is 5.82 Å². The van der Waals surface area contributed by atoms with Crippen LogP contribution in [0.3, 0.4) is 0 Å². The first-order valence-electron chi connectivity index (χ1n) is 9.53. The summed E-state index contributed by atoms with van der Waals surface area (Å²) < 4.78 is 6.88. The fraction of sp³-hybridized carbons (Fsp3) is 0.300. The van der Waals surface area contributed by atoms with Crippen LogP contribution >= 0.6 is 11.3 Å². The molecule has 3 heterocycles. The van der Waals surface area contributed by atoms with Crippen LogP contribution in [0.2, 0.25) is 0 Å². The first-order chi connectivity index (χ1) is 14.7. The molecule has 0 unspecified atom stereocenters. The molecule has 0 fully saturated rings. The SMILES string of the molecule is Cc1noc(-c2ccc(NC(=O)Nc3nc4cc(CO)ccc4n3CC(C)(C)O)s2)n1. The van der Waals surface area contributed by atoms with E-state index in [0.717, 1.165) is 10.4 Å². The van der Waals surface area contributed by atoms with Crippen LogP contribution in [0.25, 0.3) is 21.8 Å². The lowest BCUT2D eigenvalue weighted by Gasteiger charge is -2.20. The zero-order chi connectivity index (χ0) is 22.2. The minimum Gasteiger partial charge on any atom is -0.392 e. The Morgan fingerprint density at radius 2 is 2.03 bits per heavy atom. The predicted octanol–water partition coefficient (Wildman–Crippen LogP) is 3.36. The number of imidazole rings is 1. The van der Waals surface area contributed by atoms with Crippen LogP contribution in [0.15, 0.2) is 34.9 Å². The number of carbonyl (C=O) groups excluding carboxylic acids is 1. The van der Waals surface area contributed by atoms with Gasteiger partial charge >= 0.3 is 6.03 Å². The molecule has 0 bridgehead atoms. The number of urea groups is 1. The average molecular weight is 443 g/mol. The fourth-order valence-corrected chi connectivity index (χ4v) is 3.90. The molecule has 3 aromatic heterocycles. The van der Waals surface area contributed by atoms with Gasteiger partial charge in [0.2, 0.25) is 5.95 Å². The van der Waals surface area contributed by atoms with Crippen molar-refractivity contribution in [2.24, 2.45) is 0 Å². The summed E-state index contributed by atoms with van der Waals surface area (Å²) in [6, 6.07) is 8.38. The van der Waals surface area contributed by atoms with Gasteiger partial charge in [-0.2, -0.15) is 4.98 Å². The Bertz CT molecular complexity index is 1240. The summed E-state index contributed by atoms with van der Waals surface area (Å²) >= 11 is 1.30. The van der Waals surface area contributed by atoms with Crippen LogP contribution in [0.5, 0.6) is 0 Å². The Morgan fingerprint density at radius 3 is 2.71 bits per heavy atom. The van der Waals surface area contributed by atoms with E-state index in [1.165, 1.54) is 11.3 Å². The monoisotopic (exact) mass is 442 g/mol. The molecule has 2 amide bonds. The number of rotatable bonds is 6. The molecule has 0 aliphatic heterocycles. The first-order valence-corrected chi connectivity index (χ1v) is 10.3. The van der Waals surface area contributed by atoms with Crippen molar-refractivity contribution in [2.75, 3.05) is 10.6 Å². The van der Waals surface area contributed by atoms with Gasteiger partial charge in [-0.25, -0.2) is 9.78 Å². The van der Waals surface area contributed by atoms with Crippen molar-refractivity contribution in [2.45, 2.75) is 39.5 Å². The van der Waals surface area contributed by atoms with Crippen LogP contribution in [0.1, 0.15) is 25.2 Å². The summed E-state index contributed by atoms with van der Waals surface area (Å²) in [4.78, 5) is 22.0. The molecular weight excluding hydrogens is 420 g/mol. The van der Waals surface area contributed by atoms with Crippen LogP contribution < -0.4 is 10.6 Å². The highest BCUT2D eigenvalue weighted by atomic mass is 32.1. The van der Waals surface area contributed by atoms with Gasteiger partial charge in [0.05, 0.1) is 39.7 Å². The Hall–Kier alpha value is -3.28. The van der Waals surface area contributed by atoms with Crippen molar-refractivity contribution >= 4 is 39.4 Å². The topological polar surface area (TPSA) is 138 Å². The fourth-order valence-electron chi connectivity index (χ4n) is 3.08. The number of thiophene rings is 1. The number of fused-ring (bicyclic) bond motifs is 1. The average Bonchev–Trinajstić information content (AvgIpc) is 3.40. The van der Waals surface area contributed by atoms with E-state index >= 15 is 0 Å². The molecule has 11 heteroatoms. The van der Waals surface area contributed by atoms with Crippen molar-refractivity contribution < 1.29 is 19.5 Å². The second-order valence-corrected chi connectivity index (χ2v) is 8.79. The summed E-state index contributed by atoms with van der Waals surface area (Å²) in [6.45, 7) is 5.19. The van der Waals surface area contributed by atoms with E-state index in [9.17, 15) is 15.0 Å². The van der Waals surface area contributed by atoms with E-state index in [1.54, 1.807) is 55.7 Å². The van der Waals surface area contributed by atoms with Crippen molar-refractivity contribution in [3.8, 4) is 10.8 Å². The molecule has 0 saturated carbocycles. The standard InChI is InChI=1S/C20H22N6O4S/c1-11-21-17(30-25-11)15-6-7-16(31-15)23-19(28)24-18-22-13-8-12(9-27)4-5-14(13)26(18)10-20(2,3)29/h4-8,27,29H,9-10H2,1-3H3,(H2,22,23,24,28). The lowest BCUT2D eigenvalue weighted by molar-refractivity contribution is 0.0632. The molecule has 0 saturated heterocycles. The lowest BCUT2D eigenvalue weighted by Crippen LogP contribution is -2.28. The Morgan fingerprint density at radius 1 is 1.23 bits per heavy atom. The Balaban J connectivity index is 1.56. The summed E-state index contributed by atoms with van der Waals surface area (Å²) in [7, 11) is 0. The highest BCUT2D eigenvalue weighted by Crippen LogP contribution is 2.30. The van der Waals surface area contributed by atoms with Crippen LogP contribution in [-0.2, 0) is 13.2 Å². The molecule has 4 rings (SSSR count). The number of nitrogens with zero attached hydrogens (tertiary/aromatic N) is 4. The van der Waals surface area contributed by atoms with E-state index < -0.39 is 11.6 Å². The van der Waals surface area contributed by atoms with Crippen LogP contribution in [0.4, 0.5) is 15.7 Å². The first kappa shape index (κ1) is 21.0. The number of hydrogen-bond acceptors (Lipinski definition) is 8. The molecule has 162 valence electrons. The number of anilines is 2. The second kappa shape index (κ2) is 8.10. The third-order valence-corrected chi connectivity index (χ3v) is 5.34. The summed E-state index contributed by atoms with van der Waals surface area (Å²) in [6.07, 6.45) is 0. The molecule has 4 N–H and O–H groups in total. The maximum absolute atomic E-state index is 12.6. The largest absolute Gasteiger partial charge is 0.392 e. The molecule has 4 aromatic rings. The maximum Gasteiger partial charge on any atom is 0.326 e. The minimum atomic E-state index is -1.03. The normalized spacial score (nSPS) is 11.8. The van der Waals surface area contributed by atoms with Crippen LogP contribution in [-0.4, -0.2) is 41.5 Å². The third kappa shape index (κ3) is 4.74. The number of amides is 2. The number of hydrogen-bond donors (Lipinski definition) is 4. The molecule has 1 aromatic carbocycles. The molecule has 0 aliphatic rings. The minimum absolute atomic E-state index is 0.113. The molecule has 0 radical (unpaired) electrons. The van der Waals surface area contributed by atoms with Crippen molar-refractivity contribution in [1.29, 1.82) is 0 Å². The summed E-state index contributed by atoms with van der Waals surface area (Å²) in [5.41, 5.74) is 1.02. The predicted molar refractivity (Wildman–Crippen MR) is 117 cm³/mol. The number of carbonyl (C=O) groups is 1. The van der Waals surface area contributed by atoms with Gasteiger partial charge in [0, 0.05) is 0 Å². The molecule has 0 aliphatic carbocycles. The zero-order valence-electron chi connectivity index (χ0n) is 17.2. The van der Waals surface area contributed by atoms with Crippen molar-refractivity contribution in [3.05, 3.63) is 41.7 Å². The van der Waals surface area contributed by atoms with E-state index in [4.69, 9.17) is 4.52 Å². The van der Waals surface area contributed by atoms with Gasteiger partial charge in [0.1, 0.15) is 0 Å². The number of nitrogens with one attached hydrogen (secondary N) is 2. The van der Waals surface area contributed by atoms with Gasteiger partial charge in [-0.3, -0.25) is 10.6 Å². The smallest absolute Gasteiger partial charge is 0.326 e. The van der Waals surface area contributed by atoms with E-state index in [2.05, 4.69) is 25.8 Å². The number of benzene rings is 1. The van der Waals surface area contributed by atoms with Gasteiger partial charge in [-0.15, -0.1) is 11.3 Å². The summed E-state index contributed by atoms with van der Waals surface area (Å²) in [5, 5.41) is 29.6. The van der Waals surface area contributed by atoms with E-state index in [-0.39, 0.29) is 19.1 Å². The molecule has 31 heavy (non-hydrogen) atoms. The number of aryl methyl sites for hydroxylation is 1. The van der Waals surface area contributed by atoms with Gasteiger partial charge in [0.25, 0.3) is 5.89 Å².